The Balaban J connectivity index is 2.05. The number of benzene rings is 1. The van der Waals surface area contributed by atoms with Crippen LogP contribution in [0.15, 0.2) is 24.3 Å². The van der Waals surface area contributed by atoms with E-state index in [0.717, 1.165) is 12.0 Å². The second-order valence-electron chi connectivity index (χ2n) is 4.53. The molecule has 1 aliphatic heterocycles. The molecule has 98 valence electrons. The van der Waals surface area contributed by atoms with Gasteiger partial charge in [-0.2, -0.15) is 13.2 Å². The normalized spacial score (nSPS) is 16.4. The van der Waals surface area contributed by atoms with Crippen molar-refractivity contribution in [3.63, 3.8) is 0 Å². The van der Waals surface area contributed by atoms with Crippen molar-refractivity contribution in [2.45, 2.75) is 32.0 Å². The summed E-state index contributed by atoms with van der Waals surface area (Å²) < 4.78 is 36.8. The first kappa shape index (κ1) is 12.9. The van der Waals surface area contributed by atoms with Gasteiger partial charge in [0.25, 0.3) is 0 Å². The zero-order valence-corrected chi connectivity index (χ0v) is 9.83. The minimum atomic E-state index is -4.19. The van der Waals surface area contributed by atoms with Crippen LogP contribution >= 0.6 is 0 Å². The summed E-state index contributed by atoms with van der Waals surface area (Å²) in [5, 5.41) is 0. The minimum absolute atomic E-state index is 0.0798. The van der Waals surface area contributed by atoms with E-state index < -0.39 is 12.6 Å². The van der Waals surface area contributed by atoms with Gasteiger partial charge in [0, 0.05) is 19.5 Å². The number of nitrogens with zero attached hydrogens (tertiary/aromatic N) is 1. The summed E-state index contributed by atoms with van der Waals surface area (Å²) in [7, 11) is 0. The van der Waals surface area contributed by atoms with Crippen LogP contribution in [0.5, 0.6) is 0 Å². The Morgan fingerprint density at radius 2 is 1.94 bits per heavy atom. The summed E-state index contributed by atoms with van der Waals surface area (Å²) in [6.45, 7) is 1.10. The van der Waals surface area contributed by atoms with E-state index in [1.807, 2.05) is 0 Å². The van der Waals surface area contributed by atoms with Crippen molar-refractivity contribution in [2.24, 2.45) is 0 Å². The maximum Gasteiger partial charge on any atom is 0.393 e. The van der Waals surface area contributed by atoms with Crippen LogP contribution in [-0.4, -0.2) is 23.5 Å². The van der Waals surface area contributed by atoms with Gasteiger partial charge in [-0.05, 0) is 17.5 Å². The summed E-state index contributed by atoms with van der Waals surface area (Å²) in [5.41, 5.74) is 0.999. The highest BCUT2D eigenvalue weighted by molar-refractivity contribution is 5.78. The lowest BCUT2D eigenvalue weighted by molar-refractivity contribution is -0.129. The predicted octanol–water partition coefficient (Wildman–Crippen LogP) is 2.91. The zero-order valence-electron chi connectivity index (χ0n) is 9.83. The SMILES string of the molecule is O=C1CCCN1Cc1cccc(CC(F)(F)F)c1. The van der Waals surface area contributed by atoms with E-state index in [-0.39, 0.29) is 11.5 Å². The molecule has 18 heavy (non-hydrogen) atoms. The third kappa shape index (κ3) is 3.48. The Bertz CT molecular complexity index is 442. The molecule has 5 heteroatoms. The molecule has 0 atom stereocenters. The van der Waals surface area contributed by atoms with E-state index in [1.165, 1.54) is 12.1 Å². The first-order valence-electron chi connectivity index (χ1n) is 5.86. The molecular formula is C13H14F3NO. The molecule has 1 aromatic carbocycles. The third-order valence-electron chi connectivity index (χ3n) is 2.94. The molecule has 0 bridgehead atoms. The van der Waals surface area contributed by atoms with Gasteiger partial charge >= 0.3 is 6.18 Å². The highest BCUT2D eigenvalue weighted by Gasteiger charge is 2.27. The monoisotopic (exact) mass is 257 g/mol. The summed E-state index contributed by atoms with van der Waals surface area (Å²) in [6.07, 6.45) is -3.74. The van der Waals surface area contributed by atoms with Gasteiger partial charge in [-0.3, -0.25) is 4.79 Å². The summed E-state index contributed by atoms with van der Waals surface area (Å²) >= 11 is 0. The Morgan fingerprint density at radius 1 is 1.22 bits per heavy atom. The van der Waals surface area contributed by atoms with Crippen LogP contribution in [-0.2, 0) is 17.8 Å². The first-order chi connectivity index (χ1) is 8.44. The fraction of sp³-hybridized carbons (Fsp3) is 0.462. The van der Waals surface area contributed by atoms with Crippen molar-refractivity contribution in [1.82, 2.24) is 4.90 Å². The number of hydrogen-bond donors (Lipinski definition) is 0. The van der Waals surface area contributed by atoms with E-state index in [2.05, 4.69) is 0 Å². The van der Waals surface area contributed by atoms with Crippen LogP contribution < -0.4 is 0 Å². The Hall–Kier alpha value is -1.52. The lowest BCUT2D eigenvalue weighted by Crippen LogP contribution is -2.23. The highest BCUT2D eigenvalue weighted by atomic mass is 19.4. The number of halogens is 3. The van der Waals surface area contributed by atoms with Crippen molar-refractivity contribution in [3.8, 4) is 0 Å². The minimum Gasteiger partial charge on any atom is -0.338 e. The van der Waals surface area contributed by atoms with Gasteiger partial charge < -0.3 is 4.90 Å². The Labute approximate surface area is 103 Å². The Kier molecular flexibility index (Phi) is 3.59. The van der Waals surface area contributed by atoms with Gasteiger partial charge in [-0.25, -0.2) is 0 Å². The predicted molar refractivity (Wildman–Crippen MR) is 60.9 cm³/mol. The average molecular weight is 257 g/mol. The van der Waals surface area contributed by atoms with Crippen molar-refractivity contribution in [2.75, 3.05) is 6.54 Å². The van der Waals surface area contributed by atoms with Crippen LogP contribution in [0, 0.1) is 0 Å². The van der Waals surface area contributed by atoms with E-state index in [0.29, 0.717) is 19.5 Å². The van der Waals surface area contributed by atoms with Crippen LogP contribution in [0.3, 0.4) is 0 Å². The van der Waals surface area contributed by atoms with E-state index in [4.69, 9.17) is 0 Å². The summed E-state index contributed by atoms with van der Waals surface area (Å²) in [5.74, 6) is 0.0798. The van der Waals surface area contributed by atoms with Gasteiger partial charge in [-0.15, -0.1) is 0 Å². The van der Waals surface area contributed by atoms with Crippen LogP contribution in [0.1, 0.15) is 24.0 Å². The van der Waals surface area contributed by atoms with Crippen molar-refractivity contribution in [1.29, 1.82) is 0 Å². The highest BCUT2D eigenvalue weighted by Crippen LogP contribution is 2.22. The van der Waals surface area contributed by atoms with E-state index >= 15 is 0 Å². The number of alkyl halides is 3. The molecule has 1 fully saturated rings. The summed E-state index contributed by atoms with van der Waals surface area (Å²) in [6, 6.07) is 6.35. The molecule has 2 nitrogen and oxygen atoms in total. The van der Waals surface area contributed by atoms with Gasteiger partial charge in [0.2, 0.25) is 5.91 Å². The fourth-order valence-corrected chi connectivity index (χ4v) is 2.16. The molecule has 2 rings (SSSR count). The van der Waals surface area contributed by atoms with E-state index in [9.17, 15) is 18.0 Å². The van der Waals surface area contributed by atoms with Gasteiger partial charge in [-0.1, -0.05) is 24.3 Å². The molecule has 0 aliphatic carbocycles. The molecule has 1 heterocycles. The molecule has 0 unspecified atom stereocenters. The van der Waals surface area contributed by atoms with Crippen molar-refractivity contribution < 1.29 is 18.0 Å². The fourth-order valence-electron chi connectivity index (χ4n) is 2.16. The largest absolute Gasteiger partial charge is 0.393 e. The molecule has 0 N–H and O–H groups in total. The van der Waals surface area contributed by atoms with Crippen molar-refractivity contribution in [3.05, 3.63) is 35.4 Å². The molecule has 1 aliphatic rings. The molecule has 0 radical (unpaired) electrons. The number of carbonyl (C=O) groups is 1. The maximum absolute atomic E-state index is 12.3. The number of hydrogen-bond acceptors (Lipinski definition) is 1. The molecular weight excluding hydrogens is 243 g/mol. The topological polar surface area (TPSA) is 20.3 Å². The van der Waals surface area contributed by atoms with Crippen molar-refractivity contribution >= 4 is 5.91 Å². The second kappa shape index (κ2) is 5.00. The van der Waals surface area contributed by atoms with E-state index in [1.54, 1.807) is 17.0 Å². The number of amides is 1. The molecule has 0 aromatic heterocycles. The zero-order chi connectivity index (χ0) is 13.2. The number of likely N-dealkylation sites (tertiary alicyclic amines) is 1. The smallest absolute Gasteiger partial charge is 0.338 e. The van der Waals surface area contributed by atoms with Crippen LogP contribution in [0.25, 0.3) is 0 Å². The average Bonchev–Trinajstić information content (AvgIpc) is 2.62. The number of rotatable bonds is 3. The van der Waals surface area contributed by atoms with Crippen LogP contribution in [0.4, 0.5) is 13.2 Å². The first-order valence-corrected chi connectivity index (χ1v) is 5.86. The quantitative estimate of drug-likeness (QED) is 0.815. The van der Waals surface area contributed by atoms with Gasteiger partial charge in [0.05, 0.1) is 6.42 Å². The molecule has 0 spiro atoms. The molecule has 0 saturated carbocycles. The maximum atomic E-state index is 12.3. The van der Waals surface area contributed by atoms with Crippen LogP contribution in [0.2, 0.25) is 0 Å². The second-order valence-corrected chi connectivity index (χ2v) is 4.53. The lowest BCUT2D eigenvalue weighted by Gasteiger charge is -2.16. The standard InChI is InChI=1S/C13H14F3NO/c14-13(15,16)8-10-3-1-4-11(7-10)9-17-6-2-5-12(17)18/h1,3-4,7H,2,5-6,8-9H2. The lowest BCUT2D eigenvalue weighted by atomic mass is 10.1. The van der Waals surface area contributed by atoms with Gasteiger partial charge in [0.15, 0.2) is 0 Å². The third-order valence-corrected chi connectivity index (χ3v) is 2.94. The number of carbonyl (C=O) groups excluding carboxylic acids is 1. The summed E-state index contributed by atoms with van der Waals surface area (Å²) in [4.78, 5) is 13.1. The van der Waals surface area contributed by atoms with Gasteiger partial charge in [0.1, 0.15) is 0 Å². The molecule has 1 saturated heterocycles. The Morgan fingerprint density at radius 3 is 2.56 bits per heavy atom. The molecule has 1 aromatic rings. The molecule has 1 amide bonds.